The number of hydrogen-bond donors (Lipinski definition) is 0. The summed E-state index contributed by atoms with van der Waals surface area (Å²) in [5.41, 5.74) is 0. The van der Waals surface area contributed by atoms with Gasteiger partial charge in [-0.1, -0.05) is 0 Å². The summed E-state index contributed by atoms with van der Waals surface area (Å²) in [5, 5.41) is 0. The van der Waals surface area contributed by atoms with Crippen LogP contribution >= 0.6 is 8.34 Å². The third-order valence-corrected chi connectivity index (χ3v) is 0. The zero-order chi connectivity index (χ0) is 2.71. The van der Waals surface area contributed by atoms with Crippen LogP contribution < -0.4 is 0 Å². The average molecular weight is 112 g/mol. The van der Waals surface area contributed by atoms with E-state index in [0.29, 0.717) is 0 Å². The Morgan fingerprint density at radius 1 is 1.25 bits per heavy atom. The molecule has 0 aromatic rings. The molecule has 0 aliphatic carbocycles. The van der Waals surface area contributed by atoms with Gasteiger partial charge in [-0.3, -0.25) is 0 Å². The Morgan fingerprint density at radius 3 is 1.25 bits per heavy atom. The molecule has 4 heteroatoms. The minimum Gasteiger partial charge on any atom is -0.241 e. The molecular formula is HO2PTi. The molecule has 0 saturated carbocycles. The van der Waals surface area contributed by atoms with Crippen molar-refractivity contribution in [1.82, 2.24) is 0 Å². The van der Waals surface area contributed by atoms with E-state index in [1.807, 2.05) is 0 Å². The molecule has 0 saturated heterocycles. The van der Waals surface area contributed by atoms with E-state index in [-0.39, 0.29) is 21.7 Å². The first-order valence-corrected chi connectivity index (χ1v) is 1.22. The van der Waals surface area contributed by atoms with E-state index in [0.717, 1.165) is 0 Å². The van der Waals surface area contributed by atoms with E-state index < -0.39 is 8.34 Å². The van der Waals surface area contributed by atoms with E-state index in [4.69, 9.17) is 9.13 Å². The van der Waals surface area contributed by atoms with E-state index in [2.05, 4.69) is 0 Å². The summed E-state index contributed by atoms with van der Waals surface area (Å²) in [5.74, 6) is 0. The molecule has 0 amide bonds. The van der Waals surface area contributed by atoms with E-state index in [9.17, 15) is 0 Å². The van der Waals surface area contributed by atoms with Crippen LogP contribution in [0.4, 0.5) is 0 Å². The van der Waals surface area contributed by atoms with Gasteiger partial charge in [0.1, 0.15) is 0 Å². The first kappa shape index (κ1) is 8.82. The van der Waals surface area contributed by atoms with Crippen LogP contribution in [0.1, 0.15) is 0 Å². The molecule has 0 heterocycles. The van der Waals surface area contributed by atoms with Gasteiger partial charge >= 0.3 is 8.34 Å². The van der Waals surface area contributed by atoms with E-state index in [1.165, 1.54) is 0 Å². The monoisotopic (exact) mass is 112 g/mol. The quantitative estimate of drug-likeness (QED) is 0.334. The Kier molecular flexibility index (Phi) is 20.9. The fraction of sp³-hybridized carbons (Fsp3) is 0. The topological polar surface area (TPSA) is 34.1 Å². The van der Waals surface area contributed by atoms with Crippen LogP contribution in [0, 0.1) is 0 Å². The van der Waals surface area contributed by atoms with Crippen molar-refractivity contribution in [3.05, 3.63) is 0 Å². The molecule has 0 atom stereocenters. The van der Waals surface area contributed by atoms with Gasteiger partial charge in [-0.25, -0.2) is 9.13 Å². The maximum atomic E-state index is 8.40. The molecule has 0 unspecified atom stereocenters. The molecular weight excluding hydrogens is 111 g/mol. The van der Waals surface area contributed by atoms with Gasteiger partial charge in [-0.05, 0) is 0 Å². The molecule has 0 bridgehead atoms. The van der Waals surface area contributed by atoms with Crippen molar-refractivity contribution in [1.29, 1.82) is 0 Å². The summed E-state index contributed by atoms with van der Waals surface area (Å²) in [4.78, 5) is 0. The molecule has 0 spiro atoms. The average Bonchev–Trinajstić information content (AvgIpc) is 0.918. The molecule has 0 aromatic heterocycles. The second-order valence-corrected chi connectivity index (χ2v) is 0.250. The van der Waals surface area contributed by atoms with Gasteiger partial charge in [0.15, 0.2) is 0 Å². The SMILES string of the molecule is O=[PH]=O.[Ti]. The third-order valence-electron chi connectivity index (χ3n) is 0. The van der Waals surface area contributed by atoms with Crippen molar-refractivity contribution in [2.75, 3.05) is 0 Å². The largest absolute Gasteiger partial charge is 0.303 e. The Labute approximate surface area is 39.7 Å². The van der Waals surface area contributed by atoms with Gasteiger partial charge < -0.3 is 0 Å². The van der Waals surface area contributed by atoms with Crippen molar-refractivity contribution in [3.63, 3.8) is 0 Å². The predicted molar refractivity (Wildman–Crippen MR) is 9.69 cm³/mol. The van der Waals surface area contributed by atoms with Gasteiger partial charge in [0.05, 0.1) is 0 Å². The van der Waals surface area contributed by atoms with Crippen molar-refractivity contribution < 1.29 is 30.8 Å². The molecule has 0 rings (SSSR count). The molecule has 22 valence electrons. The molecule has 0 radical (unpaired) electrons. The Bertz CT molecular complexity index is 27.0. The minimum absolute atomic E-state index is 0. The molecule has 0 N–H and O–H groups in total. The second-order valence-electron chi connectivity index (χ2n) is 0.0833. The zero-order valence-electron chi connectivity index (χ0n) is 1.82. The molecule has 0 aromatic carbocycles. The van der Waals surface area contributed by atoms with E-state index >= 15 is 0 Å². The van der Waals surface area contributed by atoms with Gasteiger partial charge in [-0.2, -0.15) is 0 Å². The maximum absolute atomic E-state index is 8.40. The van der Waals surface area contributed by atoms with Crippen LogP contribution in [0.3, 0.4) is 0 Å². The van der Waals surface area contributed by atoms with Crippen LogP contribution in [0.5, 0.6) is 0 Å². The first-order valence-electron chi connectivity index (χ1n) is 0.408. The number of rotatable bonds is 0. The van der Waals surface area contributed by atoms with Crippen molar-refractivity contribution in [2.24, 2.45) is 0 Å². The summed E-state index contributed by atoms with van der Waals surface area (Å²) >= 11 is 0. The molecule has 2 nitrogen and oxygen atoms in total. The maximum Gasteiger partial charge on any atom is 0.303 e. The van der Waals surface area contributed by atoms with Gasteiger partial charge in [0.2, 0.25) is 0 Å². The standard InChI is InChI=1S/HO2P.Ti/c1-3-2;/h3H;. The van der Waals surface area contributed by atoms with Crippen LogP contribution in [-0.2, 0) is 30.8 Å². The van der Waals surface area contributed by atoms with Crippen LogP contribution in [0.2, 0.25) is 0 Å². The fourth-order valence-corrected chi connectivity index (χ4v) is 0. The summed E-state index contributed by atoms with van der Waals surface area (Å²) in [6, 6.07) is 0. The normalized spacial score (nSPS) is 3.00. The van der Waals surface area contributed by atoms with Crippen LogP contribution in [0.15, 0.2) is 0 Å². The van der Waals surface area contributed by atoms with Crippen molar-refractivity contribution >= 4 is 8.34 Å². The molecule has 4 heavy (non-hydrogen) atoms. The number of hydrogen-bond acceptors (Lipinski definition) is 2. The molecule has 0 aliphatic heterocycles. The first-order chi connectivity index (χ1) is 1.41. The van der Waals surface area contributed by atoms with Crippen LogP contribution in [0.25, 0.3) is 0 Å². The molecule has 0 aliphatic rings. The minimum atomic E-state index is -1.42. The zero-order valence-corrected chi connectivity index (χ0v) is 4.38. The van der Waals surface area contributed by atoms with Crippen LogP contribution in [-0.4, -0.2) is 0 Å². The Morgan fingerprint density at radius 2 is 1.25 bits per heavy atom. The Balaban J connectivity index is 0. The molecule has 0 fully saturated rings. The summed E-state index contributed by atoms with van der Waals surface area (Å²) in [7, 11) is -1.42. The smallest absolute Gasteiger partial charge is 0.241 e. The summed E-state index contributed by atoms with van der Waals surface area (Å²) in [6.07, 6.45) is 0. The van der Waals surface area contributed by atoms with Gasteiger partial charge in [-0.15, -0.1) is 0 Å². The fourth-order valence-electron chi connectivity index (χ4n) is 0. The summed E-state index contributed by atoms with van der Waals surface area (Å²) < 4.78 is 16.8. The second kappa shape index (κ2) is 9.48. The van der Waals surface area contributed by atoms with Gasteiger partial charge in [0, 0.05) is 21.7 Å². The van der Waals surface area contributed by atoms with Gasteiger partial charge in [0.25, 0.3) is 0 Å². The van der Waals surface area contributed by atoms with Crippen molar-refractivity contribution in [2.45, 2.75) is 0 Å². The summed E-state index contributed by atoms with van der Waals surface area (Å²) in [6.45, 7) is 0. The van der Waals surface area contributed by atoms with E-state index in [1.54, 1.807) is 0 Å². The van der Waals surface area contributed by atoms with Crippen molar-refractivity contribution in [3.8, 4) is 0 Å². The predicted octanol–water partition coefficient (Wildman–Crippen LogP) is 0.353. The Hall–Kier alpha value is 0.614. The third kappa shape index (κ3) is 18.1.